The number of ether oxygens (including phenoxy) is 3. The summed E-state index contributed by atoms with van der Waals surface area (Å²) in [4.78, 5) is 5.48. The standard InChI is InChI=1S/C14H17N3O3/c1-11-19-14(20-11)8-17(10-16-9-15)7-12-3-5-13(18-2)6-4-12/h3-6,10-11,14H,7-8H2,1-2H3. The van der Waals surface area contributed by atoms with Crippen LogP contribution in [0.3, 0.4) is 0 Å². The fourth-order valence-electron chi connectivity index (χ4n) is 1.94. The highest BCUT2D eigenvalue weighted by Gasteiger charge is 2.28. The highest BCUT2D eigenvalue weighted by molar-refractivity contribution is 5.56. The van der Waals surface area contributed by atoms with Gasteiger partial charge in [0.15, 0.2) is 12.6 Å². The molecule has 106 valence electrons. The summed E-state index contributed by atoms with van der Waals surface area (Å²) in [6.45, 7) is 2.99. The summed E-state index contributed by atoms with van der Waals surface area (Å²) in [6.07, 6.45) is 2.82. The molecule has 1 fully saturated rings. The van der Waals surface area contributed by atoms with Gasteiger partial charge in [-0.25, -0.2) is 0 Å². The van der Waals surface area contributed by atoms with E-state index in [4.69, 9.17) is 19.5 Å². The summed E-state index contributed by atoms with van der Waals surface area (Å²) in [5.74, 6) is 0.811. The Morgan fingerprint density at radius 1 is 1.40 bits per heavy atom. The van der Waals surface area contributed by atoms with Crippen molar-refractivity contribution in [3.63, 3.8) is 0 Å². The van der Waals surface area contributed by atoms with Gasteiger partial charge in [-0.2, -0.15) is 10.3 Å². The third-order valence-corrected chi connectivity index (χ3v) is 2.89. The summed E-state index contributed by atoms with van der Waals surface area (Å²) < 4.78 is 15.9. The molecule has 0 bridgehead atoms. The van der Waals surface area contributed by atoms with Crippen molar-refractivity contribution in [3.05, 3.63) is 29.8 Å². The normalized spacial score (nSPS) is 21.2. The van der Waals surface area contributed by atoms with Gasteiger partial charge in [0.25, 0.3) is 0 Å². The van der Waals surface area contributed by atoms with Crippen LogP contribution < -0.4 is 4.74 Å². The van der Waals surface area contributed by atoms with E-state index in [0.29, 0.717) is 13.1 Å². The van der Waals surface area contributed by atoms with Gasteiger partial charge >= 0.3 is 0 Å². The van der Waals surface area contributed by atoms with Crippen LogP contribution in [0.1, 0.15) is 12.5 Å². The predicted octanol–water partition coefficient (Wildman–Crippen LogP) is 1.73. The first-order valence-electron chi connectivity index (χ1n) is 6.31. The number of rotatable bonds is 6. The fraction of sp³-hybridized carbons (Fsp3) is 0.429. The summed E-state index contributed by atoms with van der Waals surface area (Å²) in [7, 11) is 1.63. The summed E-state index contributed by atoms with van der Waals surface area (Å²) in [6, 6.07) is 7.73. The lowest BCUT2D eigenvalue weighted by Crippen LogP contribution is -2.46. The topological polar surface area (TPSA) is 67.1 Å². The Morgan fingerprint density at radius 2 is 2.10 bits per heavy atom. The van der Waals surface area contributed by atoms with E-state index >= 15 is 0 Å². The van der Waals surface area contributed by atoms with Crippen LogP contribution >= 0.6 is 0 Å². The van der Waals surface area contributed by atoms with Gasteiger partial charge in [0, 0.05) is 6.54 Å². The molecule has 0 unspecified atom stereocenters. The molecule has 6 nitrogen and oxygen atoms in total. The van der Waals surface area contributed by atoms with Crippen LogP contribution in [0.25, 0.3) is 0 Å². The second-order valence-electron chi connectivity index (χ2n) is 4.39. The lowest BCUT2D eigenvalue weighted by molar-refractivity contribution is -0.376. The van der Waals surface area contributed by atoms with Crippen molar-refractivity contribution in [2.75, 3.05) is 13.7 Å². The molecule has 0 atom stereocenters. The van der Waals surface area contributed by atoms with Crippen LogP contribution in [0.4, 0.5) is 0 Å². The maximum atomic E-state index is 8.54. The number of aliphatic imine (C=N–C) groups is 1. The number of hydrogen-bond donors (Lipinski definition) is 0. The smallest absolute Gasteiger partial charge is 0.207 e. The Labute approximate surface area is 118 Å². The molecule has 0 spiro atoms. The van der Waals surface area contributed by atoms with Crippen molar-refractivity contribution >= 4 is 6.34 Å². The van der Waals surface area contributed by atoms with Crippen molar-refractivity contribution in [1.29, 1.82) is 5.26 Å². The number of nitrogens with zero attached hydrogens (tertiary/aromatic N) is 3. The molecule has 1 aliphatic rings. The van der Waals surface area contributed by atoms with Gasteiger partial charge in [0.05, 0.1) is 13.7 Å². The molecular formula is C14H17N3O3. The predicted molar refractivity (Wildman–Crippen MR) is 72.9 cm³/mol. The molecule has 0 aromatic heterocycles. The van der Waals surface area contributed by atoms with Crippen LogP contribution in [0, 0.1) is 11.5 Å². The third-order valence-electron chi connectivity index (χ3n) is 2.89. The zero-order chi connectivity index (χ0) is 14.4. The van der Waals surface area contributed by atoms with Gasteiger partial charge in [-0.05, 0) is 24.6 Å². The van der Waals surface area contributed by atoms with Gasteiger partial charge < -0.3 is 19.1 Å². The van der Waals surface area contributed by atoms with Crippen LogP contribution in [-0.4, -0.2) is 37.5 Å². The number of methoxy groups -OCH3 is 1. The quantitative estimate of drug-likeness (QED) is 0.449. The zero-order valence-electron chi connectivity index (χ0n) is 11.5. The van der Waals surface area contributed by atoms with E-state index in [9.17, 15) is 0 Å². The van der Waals surface area contributed by atoms with Crippen molar-refractivity contribution < 1.29 is 14.2 Å². The molecule has 6 heteroatoms. The van der Waals surface area contributed by atoms with Gasteiger partial charge in [0.2, 0.25) is 6.19 Å². The largest absolute Gasteiger partial charge is 0.497 e. The maximum Gasteiger partial charge on any atom is 0.207 e. The Bertz CT molecular complexity index is 489. The van der Waals surface area contributed by atoms with E-state index < -0.39 is 0 Å². The minimum absolute atomic E-state index is 0.157. The van der Waals surface area contributed by atoms with Crippen LogP contribution in [-0.2, 0) is 16.0 Å². The highest BCUT2D eigenvalue weighted by atomic mass is 16.9. The third kappa shape index (κ3) is 3.95. The van der Waals surface area contributed by atoms with Crippen LogP contribution in [0.5, 0.6) is 5.75 Å². The molecule has 1 heterocycles. The van der Waals surface area contributed by atoms with E-state index in [1.165, 1.54) is 6.34 Å². The average Bonchev–Trinajstić information content (AvgIpc) is 2.43. The van der Waals surface area contributed by atoms with Gasteiger partial charge in [0.1, 0.15) is 12.1 Å². The molecule has 0 amide bonds. The van der Waals surface area contributed by atoms with Crippen molar-refractivity contribution in [2.24, 2.45) is 4.99 Å². The molecular weight excluding hydrogens is 258 g/mol. The minimum atomic E-state index is -0.270. The fourth-order valence-corrected chi connectivity index (χ4v) is 1.94. The number of nitriles is 1. The zero-order valence-corrected chi connectivity index (χ0v) is 11.5. The highest BCUT2D eigenvalue weighted by Crippen LogP contribution is 2.18. The van der Waals surface area contributed by atoms with Crippen molar-refractivity contribution in [1.82, 2.24) is 4.90 Å². The minimum Gasteiger partial charge on any atom is -0.497 e. The SMILES string of the molecule is COc1ccc(CN(C=NC#N)CC2OC(C)O2)cc1. The first-order valence-corrected chi connectivity index (χ1v) is 6.31. The summed E-state index contributed by atoms with van der Waals surface area (Å²) in [5, 5.41) is 8.54. The summed E-state index contributed by atoms with van der Waals surface area (Å²) in [5.41, 5.74) is 1.09. The number of benzene rings is 1. The molecule has 1 aromatic carbocycles. The summed E-state index contributed by atoms with van der Waals surface area (Å²) >= 11 is 0. The van der Waals surface area contributed by atoms with E-state index in [2.05, 4.69) is 4.99 Å². The monoisotopic (exact) mass is 275 g/mol. The van der Waals surface area contributed by atoms with Crippen molar-refractivity contribution in [2.45, 2.75) is 26.0 Å². The Morgan fingerprint density at radius 3 is 2.65 bits per heavy atom. The van der Waals surface area contributed by atoms with Gasteiger partial charge in [-0.1, -0.05) is 12.1 Å². The first-order chi connectivity index (χ1) is 9.71. The molecule has 0 N–H and O–H groups in total. The van der Waals surface area contributed by atoms with E-state index in [1.54, 1.807) is 13.3 Å². The first kappa shape index (κ1) is 14.3. The molecule has 0 radical (unpaired) electrons. The van der Waals surface area contributed by atoms with E-state index in [0.717, 1.165) is 11.3 Å². The molecule has 2 rings (SSSR count). The van der Waals surface area contributed by atoms with Gasteiger partial charge in [-0.3, -0.25) is 0 Å². The maximum absolute atomic E-state index is 8.54. The lowest BCUT2D eigenvalue weighted by atomic mass is 10.2. The Hall–Kier alpha value is -2.10. The molecule has 0 saturated carbocycles. The second-order valence-corrected chi connectivity index (χ2v) is 4.39. The Kier molecular flexibility index (Phi) is 4.93. The molecule has 1 aliphatic heterocycles. The van der Waals surface area contributed by atoms with E-state index in [-0.39, 0.29) is 12.6 Å². The average molecular weight is 275 g/mol. The van der Waals surface area contributed by atoms with Gasteiger partial charge in [-0.15, -0.1) is 0 Å². The van der Waals surface area contributed by atoms with E-state index in [1.807, 2.05) is 36.1 Å². The molecule has 20 heavy (non-hydrogen) atoms. The molecule has 1 aromatic rings. The second kappa shape index (κ2) is 6.89. The molecule has 1 saturated heterocycles. The Balaban J connectivity index is 1.95. The van der Waals surface area contributed by atoms with Crippen LogP contribution in [0.15, 0.2) is 29.3 Å². The van der Waals surface area contributed by atoms with Crippen LogP contribution in [0.2, 0.25) is 0 Å². The number of hydrogen-bond acceptors (Lipinski definition) is 5. The molecule has 0 aliphatic carbocycles. The lowest BCUT2D eigenvalue weighted by Gasteiger charge is -2.36. The van der Waals surface area contributed by atoms with Crippen molar-refractivity contribution in [3.8, 4) is 11.9 Å².